The molecule has 0 radical (unpaired) electrons. The molecule has 1 saturated heterocycles. The summed E-state index contributed by atoms with van der Waals surface area (Å²) >= 11 is 0. The van der Waals surface area contributed by atoms with Gasteiger partial charge in [-0.1, -0.05) is 0 Å². The first-order valence-electron chi connectivity index (χ1n) is 11.7. The SMILES string of the molecule is CC(C)OC(=O)C(C)NP(=O)(NC(C)C(=O)OC(C)C)OCC1OC(n2ccc(N)nc2=O)C(O)C1(F)F. The van der Waals surface area contributed by atoms with Crippen LogP contribution in [0, 0.1) is 0 Å². The number of nitrogen functional groups attached to an aromatic ring is 1. The summed E-state index contributed by atoms with van der Waals surface area (Å²) in [6.07, 6.45) is -6.54. The third kappa shape index (κ3) is 8.01. The van der Waals surface area contributed by atoms with Gasteiger partial charge in [-0.15, -0.1) is 0 Å². The Kier molecular flexibility index (Phi) is 10.5. The quantitative estimate of drug-likeness (QED) is 0.203. The van der Waals surface area contributed by atoms with E-state index in [1.807, 2.05) is 0 Å². The number of aromatic nitrogens is 2. The summed E-state index contributed by atoms with van der Waals surface area (Å²) in [5, 5.41) is 14.9. The topological polar surface area (TPSA) is 193 Å². The molecule has 1 aliphatic heterocycles. The fourth-order valence-electron chi connectivity index (χ4n) is 3.27. The molecule has 0 saturated carbocycles. The third-order valence-corrected chi connectivity index (χ3v) is 7.04. The van der Waals surface area contributed by atoms with Gasteiger partial charge in [-0.25, -0.2) is 23.7 Å². The molecule has 5 N–H and O–H groups in total. The predicted octanol–water partition coefficient (Wildman–Crippen LogP) is 0.703. The molecule has 1 aliphatic rings. The number of aliphatic hydroxyl groups excluding tert-OH is 1. The summed E-state index contributed by atoms with van der Waals surface area (Å²) in [5.74, 6) is -5.79. The summed E-state index contributed by atoms with van der Waals surface area (Å²) in [7, 11) is -4.46. The van der Waals surface area contributed by atoms with Gasteiger partial charge in [0.1, 0.15) is 17.9 Å². The zero-order chi connectivity index (χ0) is 29.0. The number of anilines is 1. The highest BCUT2D eigenvalue weighted by molar-refractivity contribution is 7.54. The molecule has 5 atom stereocenters. The number of nitrogens with one attached hydrogen (secondary N) is 2. The molecule has 1 aromatic heterocycles. The molecule has 1 fully saturated rings. The maximum absolute atomic E-state index is 14.9. The molecule has 0 aliphatic carbocycles. The molecule has 0 aromatic carbocycles. The van der Waals surface area contributed by atoms with Crippen LogP contribution in [0.5, 0.6) is 0 Å². The summed E-state index contributed by atoms with van der Waals surface area (Å²) in [6.45, 7) is 7.85. The highest BCUT2D eigenvalue weighted by atomic mass is 31.2. The van der Waals surface area contributed by atoms with Crippen LogP contribution in [0.15, 0.2) is 17.1 Å². The Labute approximate surface area is 217 Å². The Hall–Kier alpha value is -2.49. The summed E-state index contributed by atoms with van der Waals surface area (Å²) in [4.78, 5) is 40.0. The summed E-state index contributed by atoms with van der Waals surface area (Å²) in [6, 6.07) is -1.37. The second-order valence-corrected chi connectivity index (χ2v) is 11.1. The maximum Gasteiger partial charge on any atom is 0.351 e. The molecule has 0 amide bonds. The van der Waals surface area contributed by atoms with Crippen LogP contribution in [-0.4, -0.2) is 75.6 Å². The van der Waals surface area contributed by atoms with Gasteiger partial charge < -0.3 is 29.6 Å². The molecular formula is C21H34F2N5O9P. The lowest BCUT2D eigenvalue weighted by Gasteiger charge is -2.28. The van der Waals surface area contributed by atoms with Gasteiger partial charge >= 0.3 is 31.2 Å². The lowest BCUT2D eigenvalue weighted by Crippen LogP contribution is -2.45. The van der Waals surface area contributed by atoms with Crippen molar-refractivity contribution in [2.24, 2.45) is 0 Å². The average molecular weight is 569 g/mol. The van der Waals surface area contributed by atoms with Crippen LogP contribution < -0.4 is 21.6 Å². The van der Waals surface area contributed by atoms with E-state index in [0.717, 1.165) is 12.3 Å². The van der Waals surface area contributed by atoms with Crippen molar-refractivity contribution in [3.8, 4) is 0 Å². The van der Waals surface area contributed by atoms with Crippen LogP contribution >= 0.6 is 7.67 Å². The standard InChI is InChI=1S/C21H34F2N5O9P/c1-10(2)35-18(30)12(5)26-38(33,27-13(6)19(31)36-11(3)4)34-9-14-21(22,23)16(29)17(37-14)28-8-7-15(24)25-20(28)32/h7-8,10-14,16-17,29H,9H2,1-6H3,(H2,24,25,32)(H2,26,27,33). The number of halogens is 2. The van der Waals surface area contributed by atoms with Crippen molar-refractivity contribution in [2.45, 2.75) is 90.2 Å². The fourth-order valence-corrected chi connectivity index (χ4v) is 5.07. The van der Waals surface area contributed by atoms with Gasteiger partial charge in [0.05, 0.1) is 18.8 Å². The van der Waals surface area contributed by atoms with Crippen LogP contribution in [0.3, 0.4) is 0 Å². The van der Waals surface area contributed by atoms with Gasteiger partial charge in [-0.2, -0.15) is 4.98 Å². The van der Waals surface area contributed by atoms with Gasteiger partial charge in [0.15, 0.2) is 18.4 Å². The van der Waals surface area contributed by atoms with E-state index in [4.69, 9.17) is 24.5 Å². The third-order valence-electron chi connectivity index (χ3n) is 5.07. The first-order chi connectivity index (χ1) is 17.5. The first-order valence-corrected chi connectivity index (χ1v) is 13.4. The lowest BCUT2D eigenvalue weighted by molar-refractivity contribution is -0.149. The second-order valence-electron chi connectivity index (χ2n) is 9.20. The molecular weight excluding hydrogens is 535 g/mol. The molecule has 0 spiro atoms. The van der Waals surface area contributed by atoms with Gasteiger partial charge in [0.2, 0.25) is 0 Å². The first kappa shape index (κ1) is 31.7. The Balaban J connectivity index is 2.25. The van der Waals surface area contributed by atoms with Gasteiger partial charge in [0, 0.05) is 6.20 Å². The van der Waals surface area contributed by atoms with Gasteiger partial charge in [-0.3, -0.25) is 18.7 Å². The van der Waals surface area contributed by atoms with E-state index >= 15 is 0 Å². The molecule has 0 bridgehead atoms. The van der Waals surface area contributed by atoms with Crippen LogP contribution in [0.1, 0.15) is 47.8 Å². The average Bonchev–Trinajstić information content (AvgIpc) is 3.00. The molecule has 1 aromatic rings. The largest absolute Gasteiger partial charge is 0.462 e. The van der Waals surface area contributed by atoms with Crippen molar-refractivity contribution in [1.82, 2.24) is 19.7 Å². The predicted molar refractivity (Wildman–Crippen MR) is 129 cm³/mol. The van der Waals surface area contributed by atoms with Crippen LogP contribution in [-0.2, 0) is 32.9 Å². The number of rotatable bonds is 12. The number of ether oxygens (including phenoxy) is 3. The minimum atomic E-state index is -4.46. The van der Waals surface area contributed by atoms with Crippen LogP contribution in [0.2, 0.25) is 0 Å². The molecule has 216 valence electrons. The van der Waals surface area contributed by atoms with Crippen LogP contribution in [0.25, 0.3) is 0 Å². The maximum atomic E-state index is 14.9. The van der Waals surface area contributed by atoms with E-state index in [-0.39, 0.29) is 5.82 Å². The number of carbonyl (C=O) groups excluding carboxylic acids is 2. The van der Waals surface area contributed by atoms with Crippen LogP contribution in [0.4, 0.5) is 14.6 Å². The number of esters is 2. The molecule has 17 heteroatoms. The summed E-state index contributed by atoms with van der Waals surface area (Å²) in [5.41, 5.74) is 4.36. The Morgan fingerprint density at radius 2 is 1.66 bits per heavy atom. The molecule has 2 rings (SSSR count). The zero-order valence-electron chi connectivity index (χ0n) is 21.8. The van der Waals surface area contributed by atoms with E-state index in [2.05, 4.69) is 15.2 Å². The molecule has 38 heavy (non-hydrogen) atoms. The van der Waals surface area contributed by atoms with E-state index in [1.165, 1.54) is 13.8 Å². The number of nitrogens with zero attached hydrogens (tertiary/aromatic N) is 2. The summed E-state index contributed by atoms with van der Waals surface area (Å²) < 4.78 is 64.6. The number of hydrogen-bond acceptors (Lipinski definition) is 11. The van der Waals surface area contributed by atoms with Crippen molar-refractivity contribution in [2.75, 3.05) is 12.3 Å². The van der Waals surface area contributed by atoms with Crippen molar-refractivity contribution < 1.29 is 46.8 Å². The fraction of sp³-hybridized carbons (Fsp3) is 0.714. The second kappa shape index (κ2) is 12.6. The Morgan fingerprint density at radius 3 is 2.11 bits per heavy atom. The number of carbonyl (C=O) groups is 2. The Morgan fingerprint density at radius 1 is 1.16 bits per heavy atom. The normalized spacial score (nSPS) is 24.1. The van der Waals surface area contributed by atoms with E-state index in [1.54, 1.807) is 27.7 Å². The van der Waals surface area contributed by atoms with Crippen molar-refractivity contribution in [3.05, 3.63) is 22.7 Å². The van der Waals surface area contributed by atoms with Crippen molar-refractivity contribution in [1.29, 1.82) is 0 Å². The number of alkyl halides is 2. The van der Waals surface area contributed by atoms with Crippen molar-refractivity contribution in [3.63, 3.8) is 0 Å². The minimum absolute atomic E-state index is 0.168. The number of aliphatic hydroxyl groups is 1. The number of nitrogens with two attached hydrogens (primary N) is 1. The lowest BCUT2D eigenvalue weighted by atomic mass is 10.1. The van der Waals surface area contributed by atoms with Gasteiger partial charge in [0.25, 0.3) is 0 Å². The van der Waals surface area contributed by atoms with Gasteiger partial charge in [-0.05, 0) is 47.6 Å². The minimum Gasteiger partial charge on any atom is -0.462 e. The molecule has 5 unspecified atom stereocenters. The van der Waals surface area contributed by atoms with Crippen molar-refractivity contribution >= 4 is 25.4 Å². The Bertz CT molecular complexity index is 1070. The van der Waals surface area contributed by atoms with E-state index in [0.29, 0.717) is 4.57 Å². The van der Waals surface area contributed by atoms with E-state index < -0.39 is 80.6 Å². The highest BCUT2D eigenvalue weighted by Crippen LogP contribution is 2.45. The molecule has 14 nitrogen and oxygen atoms in total. The smallest absolute Gasteiger partial charge is 0.351 e. The zero-order valence-corrected chi connectivity index (χ0v) is 22.7. The van der Waals surface area contributed by atoms with E-state index in [9.17, 15) is 32.8 Å². The monoisotopic (exact) mass is 569 g/mol. The highest BCUT2D eigenvalue weighted by Gasteiger charge is 2.60. The molecule has 2 heterocycles. The number of hydrogen-bond donors (Lipinski definition) is 4.